The molecule has 0 saturated carbocycles. The van der Waals surface area contributed by atoms with E-state index in [1.807, 2.05) is 30.5 Å². The molecule has 2 nitrogen and oxygen atoms in total. The van der Waals surface area contributed by atoms with E-state index in [2.05, 4.69) is 0 Å². The lowest BCUT2D eigenvalue weighted by Crippen LogP contribution is -1.89. The largest absolute Gasteiger partial charge is 0.328 e. The van der Waals surface area contributed by atoms with Crippen molar-refractivity contribution in [2.75, 3.05) is 13.3 Å². The standard InChI is InChI=1S/C12H13ClO2PS/c1-3-15-16(2,14)7-9-8-17-12-5-4-10(13)6-11(9)12/h4-8H,3H2,1-2H3. The van der Waals surface area contributed by atoms with Gasteiger partial charge >= 0.3 is 0 Å². The molecule has 0 aliphatic carbocycles. The maximum atomic E-state index is 12.1. The molecule has 0 spiro atoms. The van der Waals surface area contributed by atoms with E-state index in [0.717, 1.165) is 15.6 Å². The summed E-state index contributed by atoms with van der Waals surface area (Å²) in [4.78, 5) is 0. The highest BCUT2D eigenvalue weighted by atomic mass is 35.5. The number of hydrogen-bond donors (Lipinski definition) is 0. The molecule has 0 aliphatic rings. The van der Waals surface area contributed by atoms with Crippen LogP contribution in [-0.2, 0) is 9.09 Å². The van der Waals surface area contributed by atoms with Gasteiger partial charge in [-0.15, -0.1) is 11.3 Å². The van der Waals surface area contributed by atoms with Gasteiger partial charge in [0.15, 0.2) is 0 Å². The van der Waals surface area contributed by atoms with Gasteiger partial charge in [0.2, 0.25) is 7.37 Å². The first-order chi connectivity index (χ1) is 8.02. The summed E-state index contributed by atoms with van der Waals surface area (Å²) in [6.45, 7) is 3.92. The summed E-state index contributed by atoms with van der Waals surface area (Å²) in [6, 6.07) is 5.73. The van der Waals surface area contributed by atoms with Crippen LogP contribution in [-0.4, -0.2) is 13.3 Å². The van der Waals surface area contributed by atoms with Crippen LogP contribution in [0.4, 0.5) is 0 Å². The van der Waals surface area contributed by atoms with E-state index in [9.17, 15) is 4.57 Å². The molecule has 0 fully saturated rings. The summed E-state index contributed by atoms with van der Waals surface area (Å²) in [5.41, 5.74) is 0.937. The minimum atomic E-state index is -2.66. The minimum absolute atomic E-state index is 0.451. The summed E-state index contributed by atoms with van der Waals surface area (Å²) in [7, 11) is -2.66. The van der Waals surface area contributed by atoms with Crippen molar-refractivity contribution in [2.45, 2.75) is 6.92 Å². The number of benzene rings is 1. The van der Waals surface area contributed by atoms with Crippen molar-refractivity contribution in [1.29, 1.82) is 0 Å². The van der Waals surface area contributed by atoms with Crippen LogP contribution in [0.15, 0.2) is 23.6 Å². The Balaban J connectivity index is 2.36. The Morgan fingerprint density at radius 3 is 3.00 bits per heavy atom. The first-order valence-electron chi connectivity index (χ1n) is 5.26. The van der Waals surface area contributed by atoms with Gasteiger partial charge in [0.25, 0.3) is 0 Å². The minimum Gasteiger partial charge on any atom is -0.328 e. The SMILES string of the molecule is CCOP(C)(=O)[CH]c1csc2ccc(Cl)cc12. The molecule has 5 heteroatoms. The van der Waals surface area contributed by atoms with E-state index in [1.54, 1.807) is 24.2 Å². The van der Waals surface area contributed by atoms with E-state index in [1.165, 1.54) is 0 Å². The van der Waals surface area contributed by atoms with Crippen molar-refractivity contribution >= 4 is 40.4 Å². The zero-order chi connectivity index (χ0) is 12.5. The van der Waals surface area contributed by atoms with Crippen LogP contribution in [0.3, 0.4) is 0 Å². The molecular weight excluding hydrogens is 275 g/mol. The average Bonchev–Trinajstić information content (AvgIpc) is 2.60. The summed E-state index contributed by atoms with van der Waals surface area (Å²) >= 11 is 7.59. The Bertz CT molecular complexity index is 579. The van der Waals surface area contributed by atoms with Crippen molar-refractivity contribution in [2.24, 2.45) is 0 Å². The Hall–Kier alpha value is -0.340. The second kappa shape index (κ2) is 5.11. The maximum absolute atomic E-state index is 12.1. The third kappa shape index (κ3) is 3.11. The fourth-order valence-electron chi connectivity index (χ4n) is 1.67. The number of halogens is 1. The average molecular weight is 288 g/mol. The molecule has 0 amide bonds. The van der Waals surface area contributed by atoms with E-state index in [4.69, 9.17) is 16.1 Å². The Morgan fingerprint density at radius 1 is 1.53 bits per heavy atom. The number of thiophene rings is 1. The molecule has 2 rings (SSSR count). The van der Waals surface area contributed by atoms with Crippen LogP contribution in [0.2, 0.25) is 5.02 Å². The zero-order valence-corrected chi connectivity index (χ0v) is 12.1. The van der Waals surface area contributed by atoms with Crippen LogP contribution < -0.4 is 0 Å². The van der Waals surface area contributed by atoms with Gasteiger partial charge in [0, 0.05) is 16.4 Å². The molecule has 91 valence electrons. The number of fused-ring (bicyclic) bond motifs is 1. The van der Waals surface area contributed by atoms with Gasteiger partial charge in [0.1, 0.15) is 0 Å². The molecule has 0 N–H and O–H groups in total. The monoisotopic (exact) mass is 287 g/mol. The highest BCUT2D eigenvalue weighted by molar-refractivity contribution is 7.60. The summed E-state index contributed by atoms with van der Waals surface area (Å²) < 4.78 is 18.5. The van der Waals surface area contributed by atoms with Crippen LogP contribution in [0.25, 0.3) is 10.1 Å². The van der Waals surface area contributed by atoms with Gasteiger partial charge in [0.05, 0.1) is 12.8 Å². The molecular formula is C12H13ClO2PS. The summed E-state index contributed by atoms with van der Waals surface area (Å²) in [6.07, 6.45) is 1.71. The van der Waals surface area contributed by atoms with E-state index in [-0.39, 0.29) is 0 Å². The molecule has 1 aromatic carbocycles. The second-order valence-corrected chi connectivity index (χ2v) is 7.47. The fourth-order valence-corrected chi connectivity index (χ4v) is 4.15. The lowest BCUT2D eigenvalue weighted by atomic mass is 10.2. The third-order valence-corrected chi connectivity index (χ3v) is 5.06. The predicted molar refractivity (Wildman–Crippen MR) is 75.4 cm³/mol. The Kier molecular flexibility index (Phi) is 3.94. The van der Waals surface area contributed by atoms with E-state index < -0.39 is 7.37 Å². The zero-order valence-electron chi connectivity index (χ0n) is 9.64. The summed E-state index contributed by atoms with van der Waals surface area (Å²) in [5, 5.41) is 3.70. The van der Waals surface area contributed by atoms with Gasteiger partial charge in [-0.3, -0.25) is 4.57 Å². The first-order valence-corrected chi connectivity index (χ1v) is 8.66. The van der Waals surface area contributed by atoms with Crippen molar-refractivity contribution in [3.8, 4) is 0 Å². The molecule has 0 saturated heterocycles. The van der Waals surface area contributed by atoms with Gasteiger partial charge in [-0.1, -0.05) is 11.6 Å². The normalized spacial score (nSPS) is 15.0. The van der Waals surface area contributed by atoms with E-state index in [0.29, 0.717) is 11.6 Å². The molecule has 0 aliphatic heterocycles. The molecule has 1 radical (unpaired) electrons. The highest BCUT2D eigenvalue weighted by Gasteiger charge is 2.19. The predicted octanol–water partition coefficient (Wildman–Crippen LogP) is 5.01. The van der Waals surface area contributed by atoms with Gasteiger partial charge in [-0.25, -0.2) is 0 Å². The van der Waals surface area contributed by atoms with Crippen molar-refractivity contribution in [1.82, 2.24) is 0 Å². The van der Waals surface area contributed by atoms with Gasteiger partial charge < -0.3 is 4.52 Å². The molecule has 2 aromatic rings. The van der Waals surface area contributed by atoms with Gasteiger partial charge in [-0.2, -0.15) is 0 Å². The van der Waals surface area contributed by atoms with Crippen LogP contribution >= 0.6 is 30.3 Å². The quantitative estimate of drug-likeness (QED) is 0.739. The molecule has 1 unspecified atom stereocenters. The van der Waals surface area contributed by atoms with Crippen molar-refractivity contribution in [3.63, 3.8) is 0 Å². The number of hydrogen-bond acceptors (Lipinski definition) is 3. The highest BCUT2D eigenvalue weighted by Crippen LogP contribution is 2.50. The lowest BCUT2D eigenvalue weighted by Gasteiger charge is -2.11. The first kappa shape index (κ1) is 13.1. The fraction of sp³-hybridized carbons (Fsp3) is 0.250. The van der Waals surface area contributed by atoms with Crippen LogP contribution in [0.5, 0.6) is 0 Å². The third-order valence-electron chi connectivity index (χ3n) is 2.32. The Morgan fingerprint density at radius 2 is 2.29 bits per heavy atom. The molecule has 1 aromatic heterocycles. The molecule has 17 heavy (non-hydrogen) atoms. The lowest BCUT2D eigenvalue weighted by molar-refractivity contribution is 0.342. The molecule has 1 heterocycles. The topological polar surface area (TPSA) is 26.3 Å². The van der Waals surface area contributed by atoms with Crippen LogP contribution in [0, 0.1) is 6.16 Å². The van der Waals surface area contributed by atoms with Crippen LogP contribution in [0.1, 0.15) is 12.5 Å². The van der Waals surface area contributed by atoms with E-state index >= 15 is 0 Å². The Labute approximate surface area is 110 Å². The molecule has 1 atom stereocenters. The molecule has 0 bridgehead atoms. The summed E-state index contributed by atoms with van der Waals surface area (Å²) in [5.74, 6) is 0. The van der Waals surface area contributed by atoms with Crippen molar-refractivity contribution in [3.05, 3.63) is 40.3 Å². The van der Waals surface area contributed by atoms with Gasteiger partial charge in [-0.05, 0) is 41.5 Å². The van der Waals surface area contributed by atoms with Crippen molar-refractivity contribution < 1.29 is 9.09 Å². The second-order valence-electron chi connectivity index (χ2n) is 3.79. The maximum Gasteiger partial charge on any atom is 0.208 e. The smallest absolute Gasteiger partial charge is 0.208 e. The number of rotatable bonds is 4.